The zero-order valence-corrected chi connectivity index (χ0v) is 15.2. The van der Waals surface area contributed by atoms with Crippen molar-refractivity contribution < 1.29 is 31.1 Å². The van der Waals surface area contributed by atoms with Crippen molar-refractivity contribution in [2.45, 2.75) is 31.7 Å². The summed E-state index contributed by atoms with van der Waals surface area (Å²) >= 11 is 0. The average molecular weight is 389 g/mol. The van der Waals surface area contributed by atoms with E-state index < -0.39 is 16.4 Å². The van der Waals surface area contributed by atoms with E-state index >= 15 is 0 Å². The lowest BCUT2D eigenvalue weighted by atomic mass is 10.1. The fourth-order valence-corrected chi connectivity index (χ4v) is 3.65. The van der Waals surface area contributed by atoms with Crippen molar-refractivity contribution >= 4 is 10.0 Å². The number of alkyl halides is 3. The van der Waals surface area contributed by atoms with Gasteiger partial charge in [-0.1, -0.05) is 12.1 Å². The van der Waals surface area contributed by atoms with E-state index in [0.717, 1.165) is 12.1 Å². The second-order valence-corrected chi connectivity index (χ2v) is 7.37. The first-order valence-corrected chi connectivity index (χ1v) is 9.00. The normalized spacial score (nSPS) is 12.1. The van der Waals surface area contributed by atoms with Crippen LogP contribution in [0.1, 0.15) is 16.7 Å². The average Bonchev–Trinajstić information content (AvgIpc) is 2.52. The number of aryl methyl sites for hydroxylation is 2. The lowest BCUT2D eigenvalue weighted by Gasteiger charge is -2.13. The molecule has 1 N–H and O–H groups in total. The highest BCUT2D eigenvalue weighted by atomic mass is 32.2. The molecule has 0 aliphatic rings. The molecule has 0 aromatic heterocycles. The molecule has 5 nitrogen and oxygen atoms in total. The molecule has 0 bridgehead atoms. The van der Waals surface area contributed by atoms with E-state index in [1.807, 2.05) is 0 Å². The second-order valence-electron chi connectivity index (χ2n) is 5.61. The maximum atomic E-state index is 12.4. The molecule has 0 unspecified atom stereocenters. The predicted octanol–water partition coefficient (Wildman–Crippen LogP) is 3.69. The third-order valence-corrected chi connectivity index (χ3v) is 4.95. The Kier molecular flexibility index (Phi) is 5.82. The Labute approximate surface area is 149 Å². The highest BCUT2D eigenvalue weighted by molar-refractivity contribution is 7.89. The summed E-state index contributed by atoms with van der Waals surface area (Å²) in [5, 5.41) is 0. The van der Waals surface area contributed by atoms with Crippen LogP contribution in [0.2, 0.25) is 0 Å². The van der Waals surface area contributed by atoms with Crippen LogP contribution in [0.4, 0.5) is 13.2 Å². The van der Waals surface area contributed by atoms with Crippen molar-refractivity contribution in [3.8, 4) is 11.5 Å². The van der Waals surface area contributed by atoms with Gasteiger partial charge in [-0.15, -0.1) is 13.2 Å². The Morgan fingerprint density at radius 2 is 1.58 bits per heavy atom. The summed E-state index contributed by atoms with van der Waals surface area (Å²) in [6.07, 6.45) is -4.77. The molecule has 2 rings (SSSR count). The number of sulfonamides is 1. The van der Waals surface area contributed by atoms with Crippen LogP contribution in [0.25, 0.3) is 0 Å². The highest BCUT2D eigenvalue weighted by Crippen LogP contribution is 2.27. The van der Waals surface area contributed by atoms with E-state index in [1.165, 1.54) is 31.4 Å². The first-order chi connectivity index (χ1) is 12.0. The Morgan fingerprint density at radius 1 is 1.04 bits per heavy atom. The molecule has 0 heterocycles. The zero-order chi connectivity index (χ0) is 19.5. The maximum absolute atomic E-state index is 12.4. The number of hydrogen-bond donors (Lipinski definition) is 1. The summed E-state index contributed by atoms with van der Waals surface area (Å²) in [6, 6.07) is 7.95. The zero-order valence-electron chi connectivity index (χ0n) is 14.3. The number of ether oxygens (including phenoxy) is 2. The fraction of sp³-hybridized carbons (Fsp3) is 0.294. The van der Waals surface area contributed by atoms with Crippen molar-refractivity contribution in [1.82, 2.24) is 4.72 Å². The second kappa shape index (κ2) is 7.55. The molecule has 2 aromatic rings. The van der Waals surface area contributed by atoms with Gasteiger partial charge in [0.15, 0.2) is 0 Å². The number of rotatable bonds is 6. The molecule has 0 spiro atoms. The molecule has 2 aromatic carbocycles. The van der Waals surface area contributed by atoms with Gasteiger partial charge >= 0.3 is 6.36 Å². The summed E-state index contributed by atoms with van der Waals surface area (Å²) in [5.74, 6) is 0.245. The van der Waals surface area contributed by atoms with Gasteiger partial charge in [-0.25, -0.2) is 13.1 Å². The van der Waals surface area contributed by atoms with Crippen LogP contribution in [0.15, 0.2) is 41.3 Å². The molecule has 26 heavy (non-hydrogen) atoms. The predicted molar refractivity (Wildman–Crippen MR) is 89.6 cm³/mol. The van der Waals surface area contributed by atoms with E-state index in [0.29, 0.717) is 22.4 Å². The lowest BCUT2D eigenvalue weighted by Crippen LogP contribution is -2.23. The van der Waals surface area contributed by atoms with Gasteiger partial charge in [-0.3, -0.25) is 0 Å². The topological polar surface area (TPSA) is 64.6 Å². The Hall–Kier alpha value is -2.26. The largest absolute Gasteiger partial charge is 0.573 e. The van der Waals surface area contributed by atoms with E-state index in [1.54, 1.807) is 13.8 Å². The molecule has 142 valence electrons. The highest BCUT2D eigenvalue weighted by Gasteiger charge is 2.31. The van der Waals surface area contributed by atoms with Gasteiger partial charge in [0.2, 0.25) is 10.0 Å². The number of hydrogen-bond acceptors (Lipinski definition) is 4. The molecule has 0 saturated heterocycles. The SMILES string of the molecule is COc1c(C)cc(S(=O)(=O)NCc2ccc(OC(F)(F)F)cc2)cc1C. The minimum absolute atomic E-state index is 0.0707. The van der Waals surface area contributed by atoms with Crippen LogP contribution in [0, 0.1) is 13.8 Å². The van der Waals surface area contributed by atoms with Gasteiger partial charge in [0.25, 0.3) is 0 Å². The first-order valence-electron chi connectivity index (χ1n) is 7.51. The summed E-state index contributed by atoms with van der Waals surface area (Å²) < 4.78 is 72.7. The minimum atomic E-state index is -4.77. The summed E-state index contributed by atoms with van der Waals surface area (Å²) in [5.41, 5.74) is 1.85. The van der Waals surface area contributed by atoms with Crippen LogP contribution >= 0.6 is 0 Å². The van der Waals surface area contributed by atoms with Crippen LogP contribution in [-0.2, 0) is 16.6 Å². The summed E-state index contributed by atoms with van der Waals surface area (Å²) in [7, 11) is -2.28. The molecule has 0 aliphatic heterocycles. The molecule has 0 atom stereocenters. The molecule has 0 aliphatic carbocycles. The van der Waals surface area contributed by atoms with Gasteiger partial charge in [-0.2, -0.15) is 0 Å². The van der Waals surface area contributed by atoms with Gasteiger partial charge in [0.05, 0.1) is 12.0 Å². The number of methoxy groups -OCH3 is 1. The molecule has 0 radical (unpaired) electrons. The van der Waals surface area contributed by atoms with Crippen LogP contribution in [0.3, 0.4) is 0 Å². The van der Waals surface area contributed by atoms with Crippen molar-refractivity contribution in [3.63, 3.8) is 0 Å². The summed E-state index contributed by atoms with van der Waals surface area (Å²) in [6.45, 7) is 3.41. The molecule has 0 saturated carbocycles. The third kappa shape index (κ3) is 5.12. The van der Waals surface area contributed by atoms with Crippen molar-refractivity contribution in [1.29, 1.82) is 0 Å². The van der Waals surface area contributed by atoms with E-state index in [4.69, 9.17) is 4.74 Å². The van der Waals surface area contributed by atoms with Crippen LogP contribution < -0.4 is 14.2 Å². The first kappa shape index (κ1) is 20.1. The van der Waals surface area contributed by atoms with E-state index in [2.05, 4.69) is 9.46 Å². The Balaban J connectivity index is 2.11. The molecular weight excluding hydrogens is 371 g/mol. The lowest BCUT2D eigenvalue weighted by molar-refractivity contribution is -0.274. The van der Waals surface area contributed by atoms with Crippen LogP contribution in [-0.4, -0.2) is 21.9 Å². The van der Waals surface area contributed by atoms with Gasteiger partial charge in [0.1, 0.15) is 11.5 Å². The Bertz CT molecular complexity index is 855. The smallest absolute Gasteiger partial charge is 0.496 e. The summed E-state index contributed by atoms with van der Waals surface area (Å²) in [4.78, 5) is 0.0883. The molecule has 0 fully saturated rings. The van der Waals surface area contributed by atoms with Crippen molar-refractivity contribution in [2.24, 2.45) is 0 Å². The Morgan fingerprint density at radius 3 is 2.04 bits per heavy atom. The number of halogens is 3. The minimum Gasteiger partial charge on any atom is -0.496 e. The van der Waals surface area contributed by atoms with Crippen molar-refractivity contribution in [2.75, 3.05) is 7.11 Å². The standard InChI is InChI=1S/C17H18F3NO4S/c1-11-8-15(9-12(2)16(11)24-3)26(22,23)21-10-13-4-6-14(7-5-13)25-17(18,19)20/h4-9,21H,10H2,1-3H3. The molecule has 9 heteroatoms. The third-order valence-electron chi connectivity index (χ3n) is 3.57. The van der Waals surface area contributed by atoms with Gasteiger partial charge in [0, 0.05) is 6.54 Å². The van der Waals surface area contributed by atoms with Crippen LogP contribution in [0.5, 0.6) is 11.5 Å². The van der Waals surface area contributed by atoms with Crippen molar-refractivity contribution in [3.05, 3.63) is 53.1 Å². The molecular formula is C17H18F3NO4S. The monoisotopic (exact) mass is 389 g/mol. The van der Waals surface area contributed by atoms with E-state index in [-0.39, 0.29) is 17.2 Å². The number of nitrogens with one attached hydrogen (secondary N) is 1. The van der Waals surface area contributed by atoms with Gasteiger partial charge in [-0.05, 0) is 54.8 Å². The number of benzene rings is 2. The molecule has 0 amide bonds. The van der Waals surface area contributed by atoms with Gasteiger partial charge < -0.3 is 9.47 Å². The fourth-order valence-electron chi connectivity index (χ4n) is 2.46. The maximum Gasteiger partial charge on any atom is 0.573 e. The quantitative estimate of drug-likeness (QED) is 0.819. The van der Waals surface area contributed by atoms with E-state index in [9.17, 15) is 21.6 Å².